The van der Waals surface area contributed by atoms with Crippen LogP contribution in [0, 0.1) is 5.92 Å². The molecule has 1 aromatic heterocycles. The first kappa shape index (κ1) is 10.5. The van der Waals surface area contributed by atoms with Gasteiger partial charge in [-0.1, -0.05) is 32.1 Å². The van der Waals surface area contributed by atoms with Crippen LogP contribution < -0.4 is 0 Å². The molecule has 0 amide bonds. The highest BCUT2D eigenvalue weighted by Crippen LogP contribution is 2.31. The minimum absolute atomic E-state index is 0.723. The van der Waals surface area contributed by atoms with Crippen molar-refractivity contribution in [2.45, 2.75) is 38.5 Å². The largest absolute Gasteiger partial charge is 0.240 e. The average Bonchev–Trinajstić information content (AvgIpc) is 2.68. The zero-order chi connectivity index (χ0) is 10.5. The number of aromatic nitrogens is 1. The van der Waals surface area contributed by atoms with Crippen molar-refractivity contribution in [3.63, 3.8) is 0 Å². The molecule has 1 aromatic rings. The standard InChI is InChI=1S/C11H14N2OS/c14-8-12-10-7-13-15-11(10)6-9-4-2-1-3-5-9/h7,9H,1-6H2. The predicted molar refractivity (Wildman–Crippen MR) is 60.2 cm³/mol. The van der Waals surface area contributed by atoms with Crippen LogP contribution in [0.2, 0.25) is 0 Å². The van der Waals surface area contributed by atoms with Gasteiger partial charge in [0.05, 0.1) is 11.1 Å². The summed E-state index contributed by atoms with van der Waals surface area (Å²) in [6.45, 7) is 0. The summed E-state index contributed by atoms with van der Waals surface area (Å²) in [4.78, 5) is 15.0. The lowest BCUT2D eigenvalue weighted by Crippen LogP contribution is -2.08. The van der Waals surface area contributed by atoms with Crippen molar-refractivity contribution in [1.29, 1.82) is 0 Å². The van der Waals surface area contributed by atoms with Crippen LogP contribution in [0.3, 0.4) is 0 Å². The fraction of sp³-hybridized carbons (Fsp3) is 0.636. The molecular formula is C11H14N2OS. The third-order valence-corrected chi connectivity index (χ3v) is 3.80. The highest BCUT2D eigenvalue weighted by Gasteiger charge is 2.16. The fourth-order valence-electron chi connectivity index (χ4n) is 2.19. The Morgan fingerprint density at radius 1 is 1.47 bits per heavy atom. The van der Waals surface area contributed by atoms with E-state index in [1.807, 2.05) is 0 Å². The van der Waals surface area contributed by atoms with Crippen LogP contribution in [-0.4, -0.2) is 10.5 Å². The Kier molecular flexibility index (Phi) is 3.64. The first-order valence-electron chi connectivity index (χ1n) is 5.41. The van der Waals surface area contributed by atoms with Gasteiger partial charge in [0.1, 0.15) is 5.69 Å². The van der Waals surface area contributed by atoms with E-state index in [0.29, 0.717) is 0 Å². The van der Waals surface area contributed by atoms with Crippen LogP contribution in [0.4, 0.5) is 5.69 Å². The normalized spacial score (nSPS) is 17.3. The summed E-state index contributed by atoms with van der Waals surface area (Å²) in [5, 5.41) is 0. The molecule has 0 unspecified atom stereocenters. The summed E-state index contributed by atoms with van der Waals surface area (Å²) in [6.07, 6.45) is 11.0. The maximum Gasteiger partial charge on any atom is 0.240 e. The third kappa shape index (κ3) is 2.74. The lowest BCUT2D eigenvalue weighted by Gasteiger charge is -2.20. The molecule has 0 aliphatic heterocycles. The minimum Gasteiger partial charge on any atom is -0.211 e. The number of aliphatic imine (C=N–C) groups is 1. The van der Waals surface area contributed by atoms with Gasteiger partial charge < -0.3 is 0 Å². The molecule has 0 bridgehead atoms. The minimum atomic E-state index is 0.723. The van der Waals surface area contributed by atoms with Gasteiger partial charge in [0, 0.05) is 0 Å². The Bertz CT molecular complexity index is 362. The summed E-state index contributed by atoms with van der Waals surface area (Å²) in [5.41, 5.74) is 0.723. The van der Waals surface area contributed by atoms with E-state index in [9.17, 15) is 4.79 Å². The van der Waals surface area contributed by atoms with Crippen LogP contribution in [0.5, 0.6) is 0 Å². The highest BCUT2D eigenvalue weighted by molar-refractivity contribution is 7.06. The Labute approximate surface area is 93.4 Å². The van der Waals surface area contributed by atoms with Crippen molar-refractivity contribution in [1.82, 2.24) is 4.37 Å². The lowest BCUT2D eigenvalue weighted by molar-refractivity contribution is 0.358. The molecule has 0 N–H and O–H groups in total. The summed E-state index contributed by atoms with van der Waals surface area (Å²) in [6, 6.07) is 0. The monoisotopic (exact) mass is 222 g/mol. The van der Waals surface area contributed by atoms with Gasteiger partial charge in [0.25, 0.3) is 0 Å². The molecule has 1 fully saturated rings. The number of hydrogen-bond donors (Lipinski definition) is 0. The number of hydrogen-bond acceptors (Lipinski definition) is 4. The molecule has 4 heteroatoms. The second-order valence-corrected chi connectivity index (χ2v) is 4.93. The topological polar surface area (TPSA) is 42.3 Å². The van der Waals surface area contributed by atoms with Crippen LogP contribution in [0.25, 0.3) is 0 Å². The third-order valence-electron chi connectivity index (χ3n) is 2.99. The van der Waals surface area contributed by atoms with Crippen LogP contribution in [0.1, 0.15) is 37.0 Å². The van der Waals surface area contributed by atoms with Crippen molar-refractivity contribution < 1.29 is 4.79 Å². The molecule has 1 saturated carbocycles. The average molecular weight is 222 g/mol. The van der Waals surface area contributed by atoms with Crippen LogP contribution >= 0.6 is 11.5 Å². The second-order valence-electron chi connectivity index (χ2n) is 4.05. The SMILES string of the molecule is O=C=Nc1cnsc1CC1CCCCC1. The van der Waals surface area contributed by atoms with Gasteiger partial charge in [-0.3, -0.25) is 0 Å². The molecule has 1 aliphatic rings. The summed E-state index contributed by atoms with van der Waals surface area (Å²) < 4.78 is 4.08. The molecular weight excluding hydrogens is 208 g/mol. The van der Waals surface area contributed by atoms with Crippen molar-refractivity contribution in [2.75, 3.05) is 0 Å². The molecule has 0 aromatic carbocycles. The van der Waals surface area contributed by atoms with E-state index < -0.39 is 0 Å². The van der Waals surface area contributed by atoms with Gasteiger partial charge >= 0.3 is 0 Å². The number of rotatable bonds is 3. The smallest absolute Gasteiger partial charge is 0.211 e. The van der Waals surface area contributed by atoms with Gasteiger partial charge in [-0.05, 0) is 23.9 Å². The molecule has 1 aliphatic carbocycles. The van der Waals surface area contributed by atoms with Crippen molar-refractivity contribution in [3.8, 4) is 0 Å². The van der Waals surface area contributed by atoms with Crippen molar-refractivity contribution in [3.05, 3.63) is 11.1 Å². The molecule has 80 valence electrons. The summed E-state index contributed by atoms with van der Waals surface area (Å²) >= 11 is 1.46. The van der Waals surface area contributed by atoms with Gasteiger partial charge in [-0.25, -0.2) is 4.79 Å². The molecule has 15 heavy (non-hydrogen) atoms. The molecule has 0 spiro atoms. The van der Waals surface area contributed by atoms with Crippen LogP contribution in [0.15, 0.2) is 11.2 Å². The van der Waals surface area contributed by atoms with E-state index in [1.165, 1.54) is 43.6 Å². The second kappa shape index (κ2) is 5.19. The summed E-state index contributed by atoms with van der Waals surface area (Å²) in [5.74, 6) is 0.764. The van der Waals surface area contributed by atoms with Gasteiger partial charge in [0.2, 0.25) is 6.08 Å². The maximum atomic E-state index is 10.2. The highest BCUT2D eigenvalue weighted by atomic mass is 32.1. The Morgan fingerprint density at radius 3 is 3.00 bits per heavy atom. The van der Waals surface area contributed by atoms with E-state index in [2.05, 4.69) is 9.37 Å². The van der Waals surface area contributed by atoms with E-state index >= 15 is 0 Å². The van der Waals surface area contributed by atoms with E-state index in [-0.39, 0.29) is 0 Å². The Balaban J connectivity index is 2.02. The number of nitrogens with zero attached hydrogens (tertiary/aromatic N) is 2. The van der Waals surface area contributed by atoms with Crippen molar-refractivity contribution >= 4 is 23.3 Å². The van der Waals surface area contributed by atoms with E-state index in [0.717, 1.165) is 22.9 Å². The van der Waals surface area contributed by atoms with E-state index in [4.69, 9.17) is 0 Å². The summed E-state index contributed by atoms with van der Waals surface area (Å²) in [7, 11) is 0. The molecule has 3 nitrogen and oxygen atoms in total. The van der Waals surface area contributed by atoms with Gasteiger partial charge in [0.15, 0.2) is 0 Å². The number of isocyanates is 1. The Hall–Kier alpha value is -0.990. The Morgan fingerprint density at radius 2 is 2.27 bits per heavy atom. The molecule has 2 rings (SSSR count). The molecule has 0 radical (unpaired) electrons. The van der Waals surface area contributed by atoms with Gasteiger partial charge in [-0.15, -0.1) is 0 Å². The molecule has 0 atom stereocenters. The quantitative estimate of drug-likeness (QED) is 0.582. The molecule has 0 saturated heterocycles. The lowest BCUT2D eigenvalue weighted by atomic mass is 9.86. The zero-order valence-electron chi connectivity index (χ0n) is 8.61. The fourth-order valence-corrected chi connectivity index (χ4v) is 2.98. The first-order chi connectivity index (χ1) is 7.40. The maximum absolute atomic E-state index is 10.2. The molecule has 1 heterocycles. The van der Waals surface area contributed by atoms with Crippen LogP contribution in [-0.2, 0) is 11.2 Å². The number of carbonyl (C=O) groups excluding carboxylic acids is 1. The predicted octanol–water partition coefficient (Wildman–Crippen LogP) is 3.23. The van der Waals surface area contributed by atoms with Crippen molar-refractivity contribution in [2.24, 2.45) is 10.9 Å². The first-order valence-corrected chi connectivity index (χ1v) is 6.19. The van der Waals surface area contributed by atoms with Gasteiger partial charge in [-0.2, -0.15) is 9.37 Å². The van der Waals surface area contributed by atoms with E-state index in [1.54, 1.807) is 12.3 Å². The zero-order valence-corrected chi connectivity index (χ0v) is 9.42.